The van der Waals surface area contributed by atoms with Crippen LogP contribution < -0.4 is 0 Å². The lowest BCUT2D eigenvalue weighted by Crippen LogP contribution is -2.40. The fraction of sp³-hybridized carbons (Fsp3) is 0.469. The van der Waals surface area contributed by atoms with Gasteiger partial charge >= 0.3 is 0 Å². The topological polar surface area (TPSA) is 51.2 Å². The van der Waals surface area contributed by atoms with Gasteiger partial charge in [-0.3, -0.25) is 4.79 Å². The maximum Gasteiger partial charge on any atom is 0.254 e. The summed E-state index contributed by atoms with van der Waals surface area (Å²) in [6.07, 6.45) is 1.69. The second-order valence-corrected chi connectivity index (χ2v) is 11.2. The van der Waals surface area contributed by atoms with Gasteiger partial charge in [-0.2, -0.15) is 0 Å². The Morgan fingerprint density at radius 3 is 2.56 bits per heavy atom. The van der Waals surface area contributed by atoms with Gasteiger partial charge in [0, 0.05) is 38.2 Å². The summed E-state index contributed by atoms with van der Waals surface area (Å²) in [7, 11) is 1.68. The molecule has 4 atom stereocenters. The van der Waals surface area contributed by atoms with Gasteiger partial charge in [0.05, 0.1) is 13.2 Å². The SMILES string of the molecule is COCC1COC([C@@H]2CN(C(=O)c3cccc4ccccc34)CC2CN2CCC(c3ccc(F)cc3)CC2)O1. The van der Waals surface area contributed by atoms with Crippen LogP contribution in [0.2, 0.25) is 0 Å². The van der Waals surface area contributed by atoms with Gasteiger partial charge in [0.2, 0.25) is 0 Å². The van der Waals surface area contributed by atoms with E-state index in [1.807, 2.05) is 59.5 Å². The van der Waals surface area contributed by atoms with Crippen LogP contribution in [0.1, 0.15) is 34.7 Å². The van der Waals surface area contributed by atoms with Crippen molar-refractivity contribution >= 4 is 16.7 Å². The molecule has 6 rings (SSSR count). The van der Waals surface area contributed by atoms with Crippen molar-refractivity contribution in [1.29, 1.82) is 0 Å². The van der Waals surface area contributed by atoms with Crippen LogP contribution in [0, 0.1) is 17.7 Å². The van der Waals surface area contributed by atoms with E-state index in [0.29, 0.717) is 32.2 Å². The minimum Gasteiger partial charge on any atom is -0.382 e. The van der Waals surface area contributed by atoms with E-state index >= 15 is 0 Å². The Labute approximate surface area is 229 Å². The number of likely N-dealkylation sites (tertiary alicyclic amines) is 2. The second kappa shape index (κ2) is 11.7. The van der Waals surface area contributed by atoms with Crippen LogP contribution in [0.25, 0.3) is 10.8 Å². The number of ether oxygens (including phenoxy) is 3. The molecule has 3 aliphatic heterocycles. The minimum absolute atomic E-state index is 0.0701. The van der Waals surface area contributed by atoms with Crippen molar-refractivity contribution in [3.63, 3.8) is 0 Å². The third-order valence-corrected chi connectivity index (χ3v) is 8.70. The van der Waals surface area contributed by atoms with Gasteiger partial charge in [-0.25, -0.2) is 4.39 Å². The van der Waals surface area contributed by atoms with Crippen molar-refractivity contribution in [3.8, 4) is 0 Å². The molecule has 206 valence electrons. The first-order valence-corrected chi connectivity index (χ1v) is 14.1. The zero-order chi connectivity index (χ0) is 26.8. The molecule has 0 aliphatic carbocycles. The first kappa shape index (κ1) is 26.4. The Hall–Kier alpha value is -2.84. The molecular weight excluding hydrogens is 495 g/mol. The molecular formula is C32H37FN2O4. The van der Waals surface area contributed by atoms with Crippen LogP contribution in [0.15, 0.2) is 66.7 Å². The third kappa shape index (κ3) is 5.73. The molecule has 3 aromatic carbocycles. The molecule has 0 aromatic heterocycles. The van der Waals surface area contributed by atoms with Gasteiger partial charge in [-0.1, -0.05) is 48.5 Å². The molecule has 39 heavy (non-hydrogen) atoms. The maximum atomic E-state index is 13.8. The van der Waals surface area contributed by atoms with Gasteiger partial charge in [0.15, 0.2) is 6.29 Å². The summed E-state index contributed by atoms with van der Waals surface area (Å²) in [5.74, 6) is 0.691. The minimum atomic E-state index is -0.336. The second-order valence-electron chi connectivity index (χ2n) is 11.2. The van der Waals surface area contributed by atoms with Crippen LogP contribution in [-0.4, -0.2) is 81.1 Å². The van der Waals surface area contributed by atoms with Gasteiger partial charge in [0.25, 0.3) is 5.91 Å². The number of halogens is 1. The molecule has 3 fully saturated rings. The maximum absolute atomic E-state index is 13.8. The number of hydrogen-bond acceptors (Lipinski definition) is 5. The van der Waals surface area contributed by atoms with E-state index in [-0.39, 0.29) is 36.0 Å². The molecule has 0 radical (unpaired) electrons. The number of fused-ring (bicyclic) bond motifs is 1. The highest BCUT2D eigenvalue weighted by Gasteiger charge is 2.45. The first-order chi connectivity index (χ1) is 19.1. The number of carbonyl (C=O) groups excluding carboxylic acids is 1. The van der Waals surface area contributed by atoms with E-state index in [2.05, 4.69) is 4.90 Å². The number of amides is 1. The van der Waals surface area contributed by atoms with Crippen molar-refractivity contribution in [2.45, 2.75) is 31.2 Å². The molecule has 3 unspecified atom stereocenters. The van der Waals surface area contributed by atoms with Crippen LogP contribution in [0.5, 0.6) is 0 Å². The predicted molar refractivity (Wildman–Crippen MR) is 148 cm³/mol. The van der Waals surface area contributed by atoms with Crippen molar-refractivity contribution < 1.29 is 23.4 Å². The fourth-order valence-corrected chi connectivity index (χ4v) is 6.63. The highest BCUT2D eigenvalue weighted by molar-refractivity contribution is 6.07. The number of rotatable bonds is 7. The van der Waals surface area contributed by atoms with E-state index in [0.717, 1.165) is 48.8 Å². The smallest absolute Gasteiger partial charge is 0.254 e. The summed E-state index contributed by atoms with van der Waals surface area (Å²) in [6.45, 7) is 5.19. The van der Waals surface area contributed by atoms with Gasteiger partial charge in [0.1, 0.15) is 11.9 Å². The molecule has 3 saturated heterocycles. The lowest BCUT2D eigenvalue weighted by molar-refractivity contribution is -0.111. The van der Waals surface area contributed by atoms with Crippen LogP contribution in [0.4, 0.5) is 4.39 Å². The van der Waals surface area contributed by atoms with E-state index in [4.69, 9.17) is 14.2 Å². The largest absolute Gasteiger partial charge is 0.382 e. The number of carbonyl (C=O) groups is 1. The van der Waals surface area contributed by atoms with Gasteiger partial charge in [-0.05, 0) is 72.3 Å². The summed E-state index contributed by atoms with van der Waals surface area (Å²) in [4.78, 5) is 18.4. The molecule has 3 aliphatic rings. The Balaban J connectivity index is 1.16. The van der Waals surface area contributed by atoms with Crippen molar-refractivity contribution in [2.24, 2.45) is 11.8 Å². The quantitative estimate of drug-likeness (QED) is 0.432. The normalized spacial score (nSPS) is 26.5. The summed E-state index contributed by atoms with van der Waals surface area (Å²) < 4.78 is 31.1. The lowest BCUT2D eigenvalue weighted by atomic mass is 9.88. The average Bonchev–Trinajstić information content (AvgIpc) is 3.60. The number of methoxy groups -OCH3 is 1. The molecule has 7 heteroatoms. The Morgan fingerprint density at radius 1 is 1.00 bits per heavy atom. The highest BCUT2D eigenvalue weighted by Crippen LogP contribution is 2.36. The zero-order valence-electron chi connectivity index (χ0n) is 22.5. The van der Waals surface area contributed by atoms with Crippen LogP contribution >= 0.6 is 0 Å². The molecule has 0 N–H and O–H groups in total. The molecule has 0 bridgehead atoms. The molecule has 3 heterocycles. The van der Waals surface area contributed by atoms with Gasteiger partial charge in [-0.15, -0.1) is 0 Å². The first-order valence-electron chi connectivity index (χ1n) is 14.1. The molecule has 1 amide bonds. The van der Waals surface area contributed by atoms with Crippen LogP contribution in [0.3, 0.4) is 0 Å². The van der Waals surface area contributed by atoms with Crippen molar-refractivity contribution in [3.05, 3.63) is 83.7 Å². The monoisotopic (exact) mass is 532 g/mol. The summed E-state index contributed by atoms with van der Waals surface area (Å²) in [6, 6.07) is 21.0. The molecule has 6 nitrogen and oxygen atoms in total. The highest BCUT2D eigenvalue weighted by atomic mass is 19.1. The van der Waals surface area contributed by atoms with E-state index < -0.39 is 0 Å². The fourth-order valence-electron chi connectivity index (χ4n) is 6.63. The number of benzene rings is 3. The van der Waals surface area contributed by atoms with Crippen molar-refractivity contribution in [1.82, 2.24) is 9.80 Å². The van der Waals surface area contributed by atoms with E-state index in [9.17, 15) is 9.18 Å². The standard InChI is InChI=1S/C32H37FN2O4/c1-37-20-27-21-38-32(39-27)30-19-35(31(36)29-8-4-6-24-5-2-3-7-28(24)29)18-25(30)17-34-15-13-23(14-16-34)22-9-11-26(33)12-10-22/h2-12,23,25,27,30,32H,13-21H2,1H3/t25?,27?,30-,32?/m1/s1. The Kier molecular flexibility index (Phi) is 7.93. The predicted octanol–water partition coefficient (Wildman–Crippen LogP) is 4.93. The summed E-state index contributed by atoms with van der Waals surface area (Å²) >= 11 is 0. The van der Waals surface area contributed by atoms with E-state index in [1.54, 1.807) is 19.2 Å². The molecule has 0 spiro atoms. The lowest BCUT2D eigenvalue weighted by Gasteiger charge is -2.35. The molecule has 0 saturated carbocycles. The number of nitrogens with zero attached hydrogens (tertiary/aromatic N) is 2. The van der Waals surface area contributed by atoms with Gasteiger partial charge < -0.3 is 24.0 Å². The van der Waals surface area contributed by atoms with E-state index in [1.165, 1.54) is 5.56 Å². The Morgan fingerprint density at radius 2 is 1.77 bits per heavy atom. The van der Waals surface area contributed by atoms with Crippen molar-refractivity contribution in [2.75, 3.05) is 53.0 Å². The molecule has 3 aromatic rings. The Bertz CT molecular complexity index is 1270. The summed E-state index contributed by atoms with van der Waals surface area (Å²) in [5, 5.41) is 2.06. The average molecular weight is 533 g/mol. The van der Waals surface area contributed by atoms with Crippen LogP contribution in [-0.2, 0) is 14.2 Å². The summed E-state index contributed by atoms with van der Waals surface area (Å²) in [5.41, 5.74) is 1.97. The zero-order valence-corrected chi connectivity index (χ0v) is 22.5. The third-order valence-electron chi connectivity index (χ3n) is 8.70. The number of piperidine rings is 1. The number of hydrogen-bond donors (Lipinski definition) is 0.